The molecule has 2 atom stereocenters. The van der Waals surface area contributed by atoms with Crippen molar-refractivity contribution in [2.45, 2.75) is 38.3 Å². The first kappa shape index (κ1) is 15.9. The summed E-state index contributed by atoms with van der Waals surface area (Å²) in [5.74, 6) is 0.289. The highest BCUT2D eigenvalue weighted by molar-refractivity contribution is 6.02. The van der Waals surface area contributed by atoms with E-state index < -0.39 is 0 Å². The number of amides is 3. The third-order valence-corrected chi connectivity index (χ3v) is 5.21. The van der Waals surface area contributed by atoms with E-state index in [4.69, 9.17) is 4.74 Å². The zero-order chi connectivity index (χ0) is 17.6. The number of carbonyl (C=O) groups is 3. The molecular weight excluding hydrogens is 322 g/mol. The Hall–Kier alpha value is -2.57. The number of nitrogens with one attached hydrogen (secondary N) is 1. The van der Waals surface area contributed by atoms with Crippen LogP contribution in [0.2, 0.25) is 0 Å². The summed E-state index contributed by atoms with van der Waals surface area (Å²) < 4.78 is 5.47. The lowest BCUT2D eigenvalue weighted by atomic mass is 10.1. The topological polar surface area (TPSA) is 79.0 Å². The lowest BCUT2D eigenvalue weighted by molar-refractivity contribution is -0.134. The third kappa shape index (κ3) is 2.83. The third-order valence-electron chi connectivity index (χ3n) is 5.21. The van der Waals surface area contributed by atoms with E-state index in [1.54, 1.807) is 0 Å². The standard InChI is InChI=1S/C18H21N3O4/c1-11-2-5-15-14(6-11)20(18(24)10-25-15)9-17(23)21-12-3-4-13(21)8-19-16(22)7-12/h2,5-6,12-13H,3-4,7-10H2,1H3,(H,19,22)/t12-,13+/m1/s1. The molecule has 0 radical (unpaired) electrons. The fraction of sp³-hybridized carbons (Fsp3) is 0.500. The molecule has 4 rings (SSSR count). The summed E-state index contributed by atoms with van der Waals surface area (Å²) in [6.07, 6.45) is 2.08. The van der Waals surface area contributed by atoms with Crippen molar-refractivity contribution in [1.29, 1.82) is 0 Å². The van der Waals surface area contributed by atoms with E-state index >= 15 is 0 Å². The number of nitrogens with zero attached hydrogens (tertiary/aromatic N) is 2. The molecule has 2 fully saturated rings. The molecule has 0 aromatic heterocycles. The lowest BCUT2D eigenvalue weighted by Crippen LogP contribution is -2.50. The largest absolute Gasteiger partial charge is 0.482 e. The predicted octanol–water partition coefficient (Wildman–Crippen LogP) is 0.600. The minimum atomic E-state index is -0.220. The quantitative estimate of drug-likeness (QED) is 0.853. The number of hydrogen-bond donors (Lipinski definition) is 1. The summed E-state index contributed by atoms with van der Waals surface area (Å²) in [6, 6.07) is 5.57. The van der Waals surface area contributed by atoms with Crippen molar-refractivity contribution in [3.63, 3.8) is 0 Å². The molecule has 3 heterocycles. The second-order valence-corrected chi connectivity index (χ2v) is 6.93. The first-order valence-corrected chi connectivity index (χ1v) is 8.64. The summed E-state index contributed by atoms with van der Waals surface area (Å²) in [7, 11) is 0. The summed E-state index contributed by atoms with van der Waals surface area (Å²) >= 11 is 0. The van der Waals surface area contributed by atoms with Gasteiger partial charge in [-0.15, -0.1) is 0 Å². The van der Waals surface area contributed by atoms with E-state index in [-0.39, 0.29) is 43.0 Å². The zero-order valence-corrected chi connectivity index (χ0v) is 14.2. The summed E-state index contributed by atoms with van der Waals surface area (Å²) in [6.45, 7) is 2.36. The average Bonchev–Trinajstić information content (AvgIpc) is 2.89. The van der Waals surface area contributed by atoms with Crippen LogP contribution in [0.1, 0.15) is 24.8 Å². The number of rotatable bonds is 2. The number of hydrogen-bond acceptors (Lipinski definition) is 4. The first-order chi connectivity index (χ1) is 12.0. The normalized spacial score (nSPS) is 25.2. The van der Waals surface area contributed by atoms with Crippen molar-refractivity contribution in [1.82, 2.24) is 10.2 Å². The molecule has 2 bridgehead atoms. The van der Waals surface area contributed by atoms with E-state index in [1.165, 1.54) is 4.90 Å². The van der Waals surface area contributed by atoms with E-state index in [0.29, 0.717) is 24.4 Å². The Morgan fingerprint density at radius 3 is 2.92 bits per heavy atom. The zero-order valence-electron chi connectivity index (χ0n) is 14.2. The van der Waals surface area contributed by atoms with Crippen molar-refractivity contribution >= 4 is 23.4 Å². The molecule has 0 unspecified atom stereocenters. The first-order valence-electron chi connectivity index (χ1n) is 8.64. The maximum atomic E-state index is 13.0. The van der Waals surface area contributed by atoms with Gasteiger partial charge in [-0.1, -0.05) is 6.07 Å². The molecule has 3 amide bonds. The van der Waals surface area contributed by atoms with Crippen LogP contribution in [-0.4, -0.2) is 54.4 Å². The van der Waals surface area contributed by atoms with Crippen LogP contribution in [-0.2, 0) is 14.4 Å². The molecule has 1 N–H and O–H groups in total. The van der Waals surface area contributed by atoms with Crippen molar-refractivity contribution in [3.8, 4) is 5.75 Å². The van der Waals surface area contributed by atoms with E-state index in [9.17, 15) is 14.4 Å². The fourth-order valence-electron chi connectivity index (χ4n) is 3.99. The highest BCUT2D eigenvalue weighted by Gasteiger charge is 2.41. The molecule has 7 heteroatoms. The molecule has 7 nitrogen and oxygen atoms in total. The van der Waals surface area contributed by atoms with Gasteiger partial charge < -0.3 is 15.0 Å². The Kier molecular flexibility index (Phi) is 3.86. The Morgan fingerprint density at radius 2 is 2.08 bits per heavy atom. The predicted molar refractivity (Wildman–Crippen MR) is 90.3 cm³/mol. The van der Waals surface area contributed by atoms with Crippen LogP contribution in [0.25, 0.3) is 0 Å². The van der Waals surface area contributed by atoms with Crippen LogP contribution >= 0.6 is 0 Å². The number of fused-ring (bicyclic) bond motifs is 3. The molecule has 3 aliphatic rings. The summed E-state index contributed by atoms with van der Waals surface area (Å²) in [4.78, 5) is 40.4. The number of aryl methyl sites for hydroxylation is 1. The van der Waals surface area contributed by atoms with Gasteiger partial charge in [0.25, 0.3) is 5.91 Å². The van der Waals surface area contributed by atoms with Crippen molar-refractivity contribution < 1.29 is 19.1 Å². The Labute approximate surface area is 145 Å². The van der Waals surface area contributed by atoms with Crippen molar-refractivity contribution in [2.24, 2.45) is 0 Å². The molecule has 0 aliphatic carbocycles. The van der Waals surface area contributed by atoms with Gasteiger partial charge in [-0.2, -0.15) is 0 Å². The van der Waals surface area contributed by atoms with E-state index in [0.717, 1.165) is 18.4 Å². The van der Waals surface area contributed by atoms with Gasteiger partial charge in [0.2, 0.25) is 11.8 Å². The van der Waals surface area contributed by atoms with Gasteiger partial charge in [0.15, 0.2) is 6.61 Å². The highest BCUT2D eigenvalue weighted by atomic mass is 16.5. The van der Waals surface area contributed by atoms with Gasteiger partial charge in [-0.3, -0.25) is 19.3 Å². The maximum Gasteiger partial charge on any atom is 0.265 e. The van der Waals surface area contributed by atoms with Crippen LogP contribution in [0.15, 0.2) is 18.2 Å². The van der Waals surface area contributed by atoms with Gasteiger partial charge in [0.05, 0.1) is 5.69 Å². The van der Waals surface area contributed by atoms with E-state index in [1.807, 2.05) is 30.0 Å². The molecule has 3 aliphatic heterocycles. The lowest BCUT2D eigenvalue weighted by Gasteiger charge is -2.33. The Balaban J connectivity index is 1.58. The maximum absolute atomic E-state index is 13.0. The smallest absolute Gasteiger partial charge is 0.265 e. The Bertz CT molecular complexity index is 748. The van der Waals surface area contributed by atoms with Crippen LogP contribution in [0, 0.1) is 6.92 Å². The number of benzene rings is 1. The van der Waals surface area contributed by atoms with Gasteiger partial charge in [0.1, 0.15) is 12.3 Å². The number of anilines is 1. The van der Waals surface area contributed by atoms with Crippen LogP contribution in [0.4, 0.5) is 5.69 Å². The van der Waals surface area contributed by atoms with E-state index in [2.05, 4.69) is 5.32 Å². The van der Waals surface area contributed by atoms with Crippen molar-refractivity contribution in [3.05, 3.63) is 23.8 Å². The minimum Gasteiger partial charge on any atom is -0.482 e. The van der Waals surface area contributed by atoms with Crippen LogP contribution < -0.4 is 15.0 Å². The van der Waals surface area contributed by atoms with Gasteiger partial charge in [-0.25, -0.2) is 0 Å². The monoisotopic (exact) mass is 343 g/mol. The molecule has 1 aromatic carbocycles. The van der Waals surface area contributed by atoms with Crippen LogP contribution in [0.3, 0.4) is 0 Å². The summed E-state index contributed by atoms with van der Waals surface area (Å²) in [5, 5.41) is 2.86. The van der Waals surface area contributed by atoms with Gasteiger partial charge in [0, 0.05) is 25.0 Å². The fourth-order valence-corrected chi connectivity index (χ4v) is 3.99. The molecule has 1 aromatic rings. The average molecular weight is 343 g/mol. The highest BCUT2D eigenvalue weighted by Crippen LogP contribution is 2.34. The summed E-state index contributed by atoms with van der Waals surface area (Å²) in [5.41, 5.74) is 1.64. The Morgan fingerprint density at radius 1 is 1.28 bits per heavy atom. The molecule has 132 valence electrons. The molecule has 25 heavy (non-hydrogen) atoms. The molecule has 2 saturated heterocycles. The van der Waals surface area contributed by atoms with Gasteiger partial charge in [-0.05, 0) is 37.5 Å². The van der Waals surface area contributed by atoms with Crippen molar-refractivity contribution in [2.75, 3.05) is 24.6 Å². The molecular formula is C18H21N3O4. The minimum absolute atomic E-state index is 0.00609. The number of ether oxygens (including phenoxy) is 1. The molecule has 0 spiro atoms. The molecule has 0 saturated carbocycles. The SMILES string of the molecule is Cc1ccc2c(c1)N(CC(=O)N1[C@@H]3CC[C@H]1CNC(=O)C3)C(=O)CO2. The second kappa shape index (κ2) is 6.06. The van der Waals surface area contributed by atoms with Gasteiger partial charge >= 0.3 is 0 Å². The second-order valence-electron chi connectivity index (χ2n) is 6.93. The number of carbonyl (C=O) groups excluding carboxylic acids is 3. The van der Waals surface area contributed by atoms with Crippen LogP contribution in [0.5, 0.6) is 5.75 Å².